The van der Waals surface area contributed by atoms with E-state index in [0.717, 1.165) is 23.5 Å². The Balaban J connectivity index is 3.10. The molecule has 1 rings (SSSR count). The minimum Gasteiger partial charge on any atom is -0.505 e. The van der Waals surface area contributed by atoms with Gasteiger partial charge in [-0.3, -0.25) is 24.6 Å². The van der Waals surface area contributed by atoms with Crippen molar-refractivity contribution in [3.63, 3.8) is 0 Å². The summed E-state index contributed by atoms with van der Waals surface area (Å²) in [4.78, 5) is 33.7. The number of carbonyl (C=O) groups is 2. The maximum atomic E-state index is 12.0. The van der Waals surface area contributed by atoms with Gasteiger partial charge in [-0.2, -0.15) is 0 Å². The monoisotopic (exact) mass is 296 g/mol. The van der Waals surface area contributed by atoms with Gasteiger partial charge in [-0.05, 0) is 12.5 Å². The van der Waals surface area contributed by atoms with E-state index in [1.54, 1.807) is 0 Å². The number of nitro benzene ring substituents is 1. The first-order chi connectivity index (χ1) is 9.86. The molecule has 8 nitrogen and oxygen atoms in total. The van der Waals surface area contributed by atoms with E-state index in [-0.39, 0.29) is 17.8 Å². The highest BCUT2D eigenvalue weighted by atomic mass is 16.6. The second-order valence-electron chi connectivity index (χ2n) is 4.41. The number of phenols is 1. The molecule has 21 heavy (non-hydrogen) atoms. The van der Waals surface area contributed by atoms with Crippen molar-refractivity contribution in [1.82, 2.24) is 0 Å². The Bertz CT molecular complexity index is 558. The lowest BCUT2D eigenvalue weighted by atomic mass is 10.2. The Morgan fingerprint density at radius 2 is 2.05 bits per heavy atom. The van der Waals surface area contributed by atoms with Crippen LogP contribution in [-0.4, -0.2) is 33.6 Å². The van der Waals surface area contributed by atoms with Crippen molar-refractivity contribution in [3.8, 4) is 5.75 Å². The van der Waals surface area contributed by atoms with E-state index in [0.29, 0.717) is 6.42 Å². The SMILES string of the molecule is CCCCC(=O)N(CC(=O)O)c1ccc([N+](=O)[O-])cc1O. The molecule has 114 valence electrons. The highest BCUT2D eigenvalue weighted by Crippen LogP contribution is 2.31. The number of aromatic hydroxyl groups is 1. The molecule has 0 aromatic heterocycles. The van der Waals surface area contributed by atoms with Gasteiger partial charge >= 0.3 is 5.97 Å². The summed E-state index contributed by atoms with van der Waals surface area (Å²) in [7, 11) is 0. The minimum atomic E-state index is -1.24. The van der Waals surface area contributed by atoms with Crippen LogP contribution in [0.1, 0.15) is 26.2 Å². The van der Waals surface area contributed by atoms with Crippen molar-refractivity contribution in [2.45, 2.75) is 26.2 Å². The molecule has 0 unspecified atom stereocenters. The van der Waals surface area contributed by atoms with Gasteiger partial charge < -0.3 is 10.2 Å². The number of phenolic OH excluding ortho intramolecular Hbond substituents is 1. The van der Waals surface area contributed by atoms with Crippen LogP contribution in [-0.2, 0) is 9.59 Å². The first kappa shape index (κ1) is 16.4. The van der Waals surface area contributed by atoms with Crippen LogP contribution in [0.5, 0.6) is 5.75 Å². The highest BCUT2D eigenvalue weighted by molar-refractivity contribution is 5.98. The van der Waals surface area contributed by atoms with Crippen LogP contribution in [0.25, 0.3) is 0 Å². The number of hydrogen-bond donors (Lipinski definition) is 2. The smallest absolute Gasteiger partial charge is 0.323 e. The third kappa shape index (κ3) is 4.44. The number of non-ortho nitro benzene ring substituents is 1. The van der Waals surface area contributed by atoms with E-state index in [1.165, 1.54) is 6.07 Å². The zero-order valence-electron chi connectivity index (χ0n) is 11.5. The van der Waals surface area contributed by atoms with Crippen LogP contribution in [0, 0.1) is 10.1 Å². The number of nitro groups is 1. The zero-order chi connectivity index (χ0) is 16.0. The molecule has 0 aliphatic carbocycles. The van der Waals surface area contributed by atoms with Crippen molar-refractivity contribution >= 4 is 23.3 Å². The lowest BCUT2D eigenvalue weighted by Crippen LogP contribution is -2.35. The molecular weight excluding hydrogens is 280 g/mol. The van der Waals surface area contributed by atoms with Gasteiger partial charge in [0.25, 0.3) is 5.69 Å². The maximum absolute atomic E-state index is 12.0. The first-order valence-corrected chi connectivity index (χ1v) is 6.36. The second-order valence-corrected chi connectivity index (χ2v) is 4.41. The van der Waals surface area contributed by atoms with Crippen molar-refractivity contribution in [2.24, 2.45) is 0 Å². The van der Waals surface area contributed by atoms with E-state index in [1.807, 2.05) is 6.92 Å². The molecule has 2 N–H and O–H groups in total. The number of anilines is 1. The molecule has 0 heterocycles. The summed E-state index contributed by atoms with van der Waals surface area (Å²) in [6.45, 7) is 1.27. The fraction of sp³-hybridized carbons (Fsp3) is 0.385. The van der Waals surface area contributed by atoms with Crippen LogP contribution in [0.2, 0.25) is 0 Å². The van der Waals surface area contributed by atoms with Crippen LogP contribution in [0.3, 0.4) is 0 Å². The third-order valence-corrected chi connectivity index (χ3v) is 2.80. The Hall–Kier alpha value is -2.64. The molecule has 0 radical (unpaired) electrons. The topological polar surface area (TPSA) is 121 Å². The predicted molar refractivity (Wildman–Crippen MR) is 74.3 cm³/mol. The van der Waals surface area contributed by atoms with Crippen molar-refractivity contribution in [3.05, 3.63) is 28.3 Å². The lowest BCUT2D eigenvalue weighted by Gasteiger charge is -2.21. The van der Waals surface area contributed by atoms with Gasteiger partial charge in [0.15, 0.2) is 0 Å². The molecule has 1 aromatic rings. The molecule has 0 bridgehead atoms. The van der Waals surface area contributed by atoms with Crippen molar-refractivity contribution in [1.29, 1.82) is 0 Å². The van der Waals surface area contributed by atoms with Gasteiger partial charge in [-0.25, -0.2) is 0 Å². The summed E-state index contributed by atoms with van der Waals surface area (Å²) in [5, 5.41) is 29.3. The molecule has 1 aromatic carbocycles. The molecule has 0 aliphatic heterocycles. The van der Waals surface area contributed by atoms with E-state index in [2.05, 4.69) is 0 Å². The second kappa shape index (κ2) is 7.22. The summed E-state index contributed by atoms with van der Waals surface area (Å²) in [6.07, 6.45) is 1.49. The highest BCUT2D eigenvalue weighted by Gasteiger charge is 2.22. The summed E-state index contributed by atoms with van der Waals surface area (Å²) in [5.41, 5.74) is -0.392. The van der Waals surface area contributed by atoms with Gasteiger partial charge in [-0.15, -0.1) is 0 Å². The summed E-state index contributed by atoms with van der Waals surface area (Å²) in [5.74, 6) is -2.20. The quantitative estimate of drug-likeness (QED) is 0.585. The average molecular weight is 296 g/mol. The van der Waals surface area contributed by atoms with Gasteiger partial charge in [0.05, 0.1) is 16.7 Å². The normalized spacial score (nSPS) is 10.1. The van der Waals surface area contributed by atoms with Gasteiger partial charge in [0.1, 0.15) is 12.3 Å². The van der Waals surface area contributed by atoms with Crippen LogP contribution >= 0.6 is 0 Å². The van der Waals surface area contributed by atoms with Gasteiger partial charge in [-0.1, -0.05) is 13.3 Å². The number of hydrogen-bond acceptors (Lipinski definition) is 5. The number of unbranched alkanes of at least 4 members (excludes halogenated alkanes) is 1. The molecule has 0 atom stereocenters. The molecule has 0 saturated heterocycles. The number of carboxylic acid groups (broad SMARTS) is 1. The summed E-state index contributed by atoms with van der Waals surface area (Å²) in [6, 6.07) is 3.16. The number of rotatable bonds is 7. The molecule has 1 amide bonds. The number of benzene rings is 1. The van der Waals surface area contributed by atoms with Gasteiger partial charge in [0.2, 0.25) is 5.91 Å². The summed E-state index contributed by atoms with van der Waals surface area (Å²) < 4.78 is 0. The number of nitrogens with zero attached hydrogens (tertiary/aromatic N) is 2. The average Bonchev–Trinajstić information content (AvgIpc) is 2.42. The van der Waals surface area contributed by atoms with E-state index >= 15 is 0 Å². The fourth-order valence-electron chi connectivity index (χ4n) is 1.76. The van der Waals surface area contributed by atoms with Crippen molar-refractivity contribution in [2.75, 3.05) is 11.4 Å². The van der Waals surface area contributed by atoms with E-state index in [4.69, 9.17) is 5.11 Å². The number of carbonyl (C=O) groups excluding carboxylic acids is 1. The Morgan fingerprint density at radius 3 is 2.52 bits per heavy atom. The predicted octanol–water partition coefficient (Wildman–Crippen LogP) is 1.91. The molecular formula is C13H16N2O6. The van der Waals surface area contributed by atoms with Gasteiger partial charge in [0, 0.05) is 12.5 Å². The third-order valence-electron chi connectivity index (χ3n) is 2.80. The Kier molecular flexibility index (Phi) is 5.65. The maximum Gasteiger partial charge on any atom is 0.323 e. The number of aliphatic carboxylic acids is 1. The lowest BCUT2D eigenvalue weighted by molar-refractivity contribution is -0.384. The van der Waals surface area contributed by atoms with E-state index in [9.17, 15) is 24.8 Å². The number of carboxylic acids is 1. The standard InChI is InChI=1S/C13H16N2O6/c1-2-3-4-12(17)14(8-13(18)19)10-6-5-9(15(20)21)7-11(10)16/h5-7,16H,2-4,8H2,1H3,(H,18,19). The zero-order valence-corrected chi connectivity index (χ0v) is 11.5. The van der Waals surface area contributed by atoms with Crippen LogP contribution in [0.15, 0.2) is 18.2 Å². The number of amides is 1. The molecule has 0 saturated carbocycles. The fourth-order valence-corrected chi connectivity index (χ4v) is 1.76. The first-order valence-electron chi connectivity index (χ1n) is 6.36. The van der Waals surface area contributed by atoms with Crippen LogP contribution in [0.4, 0.5) is 11.4 Å². The van der Waals surface area contributed by atoms with E-state index < -0.39 is 29.1 Å². The molecule has 0 fully saturated rings. The molecule has 0 spiro atoms. The largest absolute Gasteiger partial charge is 0.505 e. The summed E-state index contributed by atoms with van der Waals surface area (Å²) >= 11 is 0. The van der Waals surface area contributed by atoms with Crippen molar-refractivity contribution < 1.29 is 24.7 Å². The molecule has 8 heteroatoms. The minimum absolute atomic E-state index is 0.0518. The molecule has 0 aliphatic rings. The Labute approximate surface area is 120 Å². The van der Waals surface area contributed by atoms with Crippen LogP contribution < -0.4 is 4.90 Å². The Morgan fingerprint density at radius 1 is 1.38 bits per heavy atom.